The monoisotopic (exact) mass is 370 g/mol. The zero-order chi connectivity index (χ0) is 16.2. The Balaban J connectivity index is 1.81. The minimum Gasteiger partial charge on any atom is -0.457 e. The lowest BCUT2D eigenvalue weighted by molar-refractivity contribution is 0.458. The summed E-state index contributed by atoms with van der Waals surface area (Å²) in [5, 5.41) is 0. The Hall–Kier alpha value is -2.66. The molecule has 0 aliphatic rings. The van der Waals surface area contributed by atoms with Crippen LogP contribution in [0.1, 0.15) is 0 Å². The molecule has 0 heterocycles. The fraction of sp³-hybridized carbons (Fsp3) is 0. The van der Waals surface area contributed by atoms with Crippen LogP contribution in [0, 0.1) is 0 Å². The molecule has 0 aromatic heterocycles. The lowest BCUT2D eigenvalue weighted by atomic mass is 10.3. The van der Waals surface area contributed by atoms with Crippen molar-refractivity contribution in [2.45, 2.75) is 0 Å². The predicted octanol–water partition coefficient (Wildman–Crippen LogP) is 5.20. The molecule has 3 rings (SSSR count). The van der Waals surface area contributed by atoms with Gasteiger partial charge in [0.15, 0.2) is 0 Å². The van der Waals surface area contributed by atoms with Crippen LogP contribution < -0.4 is 20.9 Å². The minimum absolute atomic E-state index is 0.655. The molecule has 0 saturated carbocycles. The highest BCUT2D eigenvalue weighted by Gasteiger charge is 2.06. The van der Waals surface area contributed by atoms with Crippen LogP contribution in [0.4, 0.5) is 11.4 Å². The smallest absolute Gasteiger partial charge is 0.145 e. The summed E-state index contributed by atoms with van der Waals surface area (Å²) in [6.07, 6.45) is 0. The van der Waals surface area contributed by atoms with Gasteiger partial charge in [0, 0.05) is 17.4 Å². The molecule has 0 saturated heterocycles. The van der Waals surface area contributed by atoms with Crippen LogP contribution in [0.25, 0.3) is 0 Å². The summed E-state index contributed by atoms with van der Waals surface area (Å²) in [6.45, 7) is 0. The lowest BCUT2D eigenvalue weighted by Crippen LogP contribution is -1.90. The molecule has 3 aromatic rings. The van der Waals surface area contributed by atoms with Gasteiger partial charge >= 0.3 is 0 Å². The molecular formula is C18H15BrN2O2. The molecule has 23 heavy (non-hydrogen) atoms. The van der Waals surface area contributed by atoms with Gasteiger partial charge in [-0.2, -0.15) is 0 Å². The number of anilines is 2. The number of ether oxygens (including phenoxy) is 2. The molecule has 0 fully saturated rings. The normalized spacial score (nSPS) is 10.3. The summed E-state index contributed by atoms with van der Waals surface area (Å²) in [7, 11) is 0. The van der Waals surface area contributed by atoms with Gasteiger partial charge in [-0.15, -0.1) is 0 Å². The Kier molecular flexibility index (Phi) is 4.39. The predicted molar refractivity (Wildman–Crippen MR) is 96.0 cm³/mol. The third kappa shape index (κ3) is 3.96. The van der Waals surface area contributed by atoms with E-state index < -0.39 is 0 Å². The van der Waals surface area contributed by atoms with Crippen molar-refractivity contribution in [3.63, 3.8) is 0 Å². The number of hydrogen-bond donors (Lipinski definition) is 2. The van der Waals surface area contributed by atoms with Crippen LogP contribution in [-0.2, 0) is 0 Å². The fourth-order valence-electron chi connectivity index (χ4n) is 1.96. The molecule has 0 aliphatic heterocycles. The topological polar surface area (TPSA) is 70.5 Å². The first-order valence-electron chi connectivity index (χ1n) is 6.96. The van der Waals surface area contributed by atoms with Gasteiger partial charge in [0.25, 0.3) is 0 Å². The average molecular weight is 371 g/mol. The maximum Gasteiger partial charge on any atom is 0.145 e. The van der Waals surface area contributed by atoms with Crippen molar-refractivity contribution in [3.8, 4) is 23.0 Å². The van der Waals surface area contributed by atoms with Crippen molar-refractivity contribution in [3.05, 3.63) is 71.2 Å². The Morgan fingerprint density at radius 1 is 0.609 bits per heavy atom. The molecular weight excluding hydrogens is 356 g/mol. The summed E-state index contributed by atoms with van der Waals surface area (Å²) in [4.78, 5) is 0. The highest BCUT2D eigenvalue weighted by Crippen LogP contribution is 2.35. The van der Waals surface area contributed by atoms with Gasteiger partial charge in [0.1, 0.15) is 23.0 Å². The minimum atomic E-state index is 0.655. The van der Waals surface area contributed by atoms with Crippen LogP contribution in [0.3, 0.4) is 0 Å². The third-order valence-corrected chi connectivity index (χ3v) is 3.78. The molecule has 5 heteroatoms. The Morgan fingerprint density at radius 2 is 1.09 bits per heavy atom. The van der Waals surface area contributed by atoms with Crippen LogP contribution in [-0.4, -0.2) is 0 Å². The third-order valence-electron chi connectivity index (χ3n) is 3.13. The van der Waals surface area contributed by atoms with Gasteiger partial charge in [-0.05, 0) is 76.6 Å². The summed E-state index contributed by atoms with van der Waals surface area (Å²) in [6, 6.07) is 20.0. The number of rotatable bonds is 4. The molecule has 0 radical (unpaired) electrons. The fourth-order valence-corrected chi connectivity index (χ4v) is 2.29. The Labute approximate surface area is 142 Å². The number of nitrogens with two attached hydrogens (primary N) is 2. The van der Waals surface area contributed by atoms with Gasteiger partial charge in [-0.1, -0.05) is 0 Å². The quantitative estimate of drug-likeness (QED) is 0.619. The molecule has 0 aliphatic carbocycles. The van der Waals surface area contributed by atoms with Crippen LogP contribution in [0.15, 0.2) is 71.2 Å². The highest BCUT2D eigenvalue weighted by atomic mass is 79.9. The van der Waals surface area contributed by atoms with Gasteiger partial charge < -0.3 is 20.9 Å². The molecule has 0 unspecified atom stereocenters. The van der Waals surface area contributed by atoms with E-state index in [0.717, 1.165) is 4.47 Å². The second-order valence-corrected chi connectivity index (χ2v) is 5.79. The number of nitrogen functional groups attached to an aromatic ring is 2. The first-order chi connectivity index (χ1) is 11.1. The summed E-state index contributed by atoms with van der Waals surface area (Å²) >= 11 is 3.48. The largest absolute Gasteiger partial charge is 0.457 e. The Bertz CT molecular complexity index is 802. The second kappa shape index (κ2) is 6.62. The average Bonchev–Trinajstić information content (AvgIpc) is 2.55. The van der Waals surface area contributed by atoms with E-state index in [1.165, 1.54) is 0 Å². The zero-order valence-electron chi connectivity index (χ0n) is 12.2. The molecule has 4 N–H and O–H groups in total. The summed E-state index contributed by atoms with van der Waals surface area (Å²) in [5.74, 6) is 2.73. The van der Waals surface area contributed by atoms with E-state index >= 15 is 0 Å². The van der Waals surface area contributed by atoms with Gasteiger partial charge in [0.05, 0.1) is 4.47 Å². The van der Waals surface area contributed by atoms with Crippen molar-refractivity contribution in [2.75, 3.05) is 11.5 Å². The maximum atomic E-state index is 5.86. The summed E-state index contributed by atoms with van der Waals surface area (Å²) < 4.78 is 12.5. The first-order valence-corrected chi connectivity index (χ1v) is 7.76. The van der Waals surface area contributed by atoms with E-state index in [1.807, 2.05) is 42.5 Å². The van der Waals surface area contributed by atoms with E-state index in [1.54, 1.807) is 24.3 Å². The molecule has 3 aromatic carbocycles. The standard InChI is InChI=1S/C18H15BrN2O2/c19-17-10-9-16(22-14-5-1-12(20)2-6-14)11-18(17)23-15-7-3-13(21)4-8-15/h1-11H,20-21H2. The molecule has 4 nitrogen and oxygen atoms in total. The van der Waals surface area contributed by atoms with Gasteiger partial charge in [-0.3, -0.25) is 0 Å². The van der Waals surface area contributed by atoms with E-state index in [9.17, 15) is 0 Å². The van der Waals surface area contributed by atoms with E-state index in [2.05, 4.69) is 15.9 Å². The van der Waals surface area contributed by atoms with E-state index in [-0.39, 0.29) is 0 Å². The van der Waals surface area contributed by atoms with Crippen LogP contribution >= 0.6 is 15.9 Å². The second-order valence-electron chi connectivity index (χ2n) is 4.93. The van der Waals surface area contributed by atoms with Crippen molar-refractivity contribution >= 4 is 27.3 Å². The maximum absolute atomic E-state index is 5.86. The molecule has 116 valence electrons. The van der Waals surface area contributed by atoms with Gasteiger partial charge in [-0.25, -0.2) is 0 Å². The van der Waals surface area contributed by atoms with Crippen molar-refractivity contribution < 1.29 is 9.47 Å². The van der Waals surface area contributed by atoms with Crippen LogP contribution in [0.2, 0.25) is 0 Å². The summed E-state index contributed by atoms with van der Waals surface area (Å²) in [5.41, 5.74) is 12.7. The SMILES string of the molecule is Nc1ccc(Oc2ccc(Br)c(Oc3ccc(N)cc3)c2)cc1. The van der Waals surface area contributed by atoms with Crippen molar-refractivity contribution in [1.82, 2.24) is 0 Å². The molecule has 0 amide bonds. The molecule has 0 bridgehead atoms. The molecule has 0 atom stereocenters. The van der Waals surface area contributed by atoms with E-state index in [4.69, 9.17) is 20.9 Å². The van der Waals surface area contributed by atoms with Crippen molar-refractivity contribution in [2.24, 2.45) is 0 Å². The lowest BCUT2D eigenvalue weighted by Gasteiger charge is -2.11. The Morgan fingerprint density at radius 3 is 1.65 bits per heavy atom. The zero-order valence-corrected chi connectivity index (χ0v) is 13.8. The molecule has 0 spiro atoms. The van der Waals surface area contributed by atoms with Gasteiger partial charge in [0.2, 0.25) is 0 Å². The number of halogens is 1. The van der Waals surface area contributed by atoms with Crippen molar-refractivity contribution in [1.29, 1.82) is 0 Å². The van der Waals surface area contributed by atoms with Crippen LogP contribution in [0.5, 0.6) is 23.0 Å². The number of hydrogen-bond acceptors (Lipinski definition) is 4. The number of benzene rings is 3. The van der Waals surface area contributed by atoms with E-state index in [0.29, 0.717) is 34.4 Å². The first kappa shape index (κ1) is 15.2. The highest BCUT2D eigenvalue weighted by molar-refractivity contribution is 9.10.